The Kier molecular flexibility index (Phi) is 3.08. The maximum Gasteiger partial charge on any atom is 0.120 e. The zero-order chi connectivity index (χ0) is 11.7. The lowest BCUT2D eigenvalue weighted by Gasteiger charge is -2.03. The first-order valence-corrected chi connectivity index (χ1v) is 5.57. The molecule has 0 atom stereocenters. The smallest absolute Gasteiger partial charge is 0.120 e. The fourth-order valence-electron chi connectivity index (χ4n) is 1.96. The highest BCUT2D eigenvalue weighted by Gasteiger charge is 2.13. The third-order valence-corrected chi connectivity index (χ3v) is 3.26. The Labute approximate surface area is 99.7 Å². The lowest BCUT2D eigenvalue weighted by molar-refractivity contribution is 0.415. The summed E-state index contributed by atoms with van der Waals surface area (Å²) in [6.45, 7) is 0.598. The first-order chi connectivity index (χ1) is 7.69. The molecule has 0 saturated heterocycles. The van der Waals surface area contributed by atoms with E-state index in [1.165, 1.54) is 0 Å². The highest BCUT2D eigenvalue weighted by molar-refractivity contribution is 6.36. The van der Waals surface area contributed by atoms with E-state index in [4.69, 9.17) is 22.1 Å². The van der Waals surface area contributed by atoms with Gasteiger partial charge in [-0.2, -0.15) is 0 Å². The second-order valence-corrected chi connectivity index (χ2v) is 4.12. The number of hydrogen-bond acceptors (Lipinski definition) is 2. The summed E-state index contributed by atoms with van der Waals surface area (Å²) in [5, 5.41) is 1.85. The highest BCUT2D eigenvalue weighted by atomic mass is 35.5. The molecule has 1 aromatic heterocycles. The SMILES string of the molecule is COc1ccc2c(Cl)c(CCN)n(C)c2c1. The van der Waals surface area contributed by atoms with Crippen molar-refractivity contribution in [3.63, 3.8) is 0 Å². The van der Waals surface area contributed by atoms with Crippen molar-refractivity contribution in [3.05, 3.63) is 28.9 Å². The van der Waals surface area contributed by atoms with Crippen molar-refractivity contribution in [2.75, 3.05) is 13.7 Å². The third kappa shape index (κ3) is 1.66. The number of ether oxygens (including phenoxy) is 1. The van der Waals surface area contributed by atoms with Crippen LogP contribution in [-0.4, -0.2) is 18.2 Å². The number of fused-ring (bicyclic) bond motifs is 1. The van der Waals surface area contributed by atoms with E-state index in [1.807, 2.05) is 25.2 Å². The summed E-state index contributed by atoms with van der Waals surface area (Å²) in [5.74, 6) is 0.837. The number of nitrogens with zero attached hydrogens (tertiary/aromatic N) is 1. The van der Waals surface area contributed by atoms with E-state index in [0.717, 1.165) is 33.8 Å². The first kappa shape index (κ1) is 11.3. The monoisotopic (exact) mass is 238 g/mol. The summed E-state index contributed by atoms with van der Waals surface area (Å²) in [5.41, 5.74) is 7.73. The second-order valence-electron chi connectivity index (χ2n) is 3.74. The van der Waals surface area contributed by atoms with Crippen LogP contribution in [0.1, 0.15) is 5.69 Å². The lowest BCUT2D eigenvalue weighted by Crippen LogP contribution is -2.06. The quantitative estimate of drug-likeness (QED) is 0.892. The molecule has 0 unspecified atom stereocenters. The van der Waals surface area contributed by atoms with Gasteiger partial charge in [0.05, 0.1) is 17.6 Å². The minimum Gasteiger partial charge on any atom is -0.497 e. The Hall–Kier alpha value is -1.19. The molecule has 1 heterocycles. The van der Waals surface area contributed by atoms with Gasteiger partial charge in [0.2, 0.25) is 0 Å². The van der Waals surface area contributed by atoms with Gasteiger partial charge in [-0.15, -0.1) is 0 Å². The average Bonchev–Trinajstić information content (AvgIpc) is 2.54. The van der Waals surface area contributed by atoms with Crippen LogP contribution in [-0.2, 0) is 13.5 Å². The summed E-state index contributed by atoms with van der Waals surface area (Å²) in [7, 11) is 3.66. The summed E-state index contributed by atoms with van der Waals surface area (Å²) >= 11 is 6.32. The van der Waals surface area contributed by atoms with Crippen molar-refractivity contribution < 1.29 is 4.74 Å². The first-order valence-electron chi connectivity index (χ1n) is 5.20. The Bertz CT molecular complexity index is 519. The van der Waals surface area contributed by atoms with Gasteiger partial charge >= 0.3 is 0 Å². The molecule has 4 heteroatoms. The molecule has 2 N–H and O–H groups in total. The van der Waals surface area contributed by atoms with Crippen LogP contribution in [0, 0.1) is 0 Å². The van der Waals surface area contributed by atoms with Crippen LogP contribution in [0.5, 0.6) is 5.75 Å². The van der Waals surface area contributed by atoms with Gasteiger partial charge in [-0.3, -0.25) is 0 Å². The van der Waals surface area contributed by atoms with E-state index in [9.17, 15) is 0 Å². The molecule has 2 rings (SSSR count). The molecule has 3 nitrogen and oxygen atoms in total. The number of nitrogens with two attached hydrogens (primary N) is 1. The summed E-state index contributed by atoms with van der Waals surface area (Å²) in [4.78, 5) is 0. The molecule has 0 amide bonds. The molecular weight excluding hydrogens is 224 g/mol. The highest BCUT2D eigenvalue weighted by Crippen LogP contribution is 2.32. The predicted octanol–water partition coefficient (Wildman–Crippen LogP) is 2.34. The zero-order valence-corrected chi connectivity index (χ0v) is 10.2. The van der Waals surface area contributed by atoms with Crippen molar-refractivity contribution in [1.82, 2.24) is 4.57 Å². The topological polar surface area (TPSA) is 40.2 Å². The maximum atomic E-state index is 6.32. The van der Waals surface area contributed by atoms with Crippen LogP contribution in [0.15, 0.2) is 18.2 Å². The summed E-state index contributed by atoms with van der Waals surface area (Å²) < 4.78 is 7.28. The average molecular weight is 239 g/mol. The molecule has 0 saturated carbocycles. The Morgan fingerprint density at radius 1 is 1.44 bits per heavy atom. The van der Waals surface area contributed by atoms with Gasteiger partial charge in [-0.05, 0) is 18.7 Å². The molecule has 0 radical (unpaired) electrons. The minimum atomic E-state index is 0.598. The molecule has 2 aromatic rings. The van der Waals surface area contributed by atoms with Gasteiger partial charge in [0.25, 0.3) is 0 Å². The molecule has 0 aliphatic heterocycles. The fourth-order valence-corrected chi connectivity index (χ4v) is 2.34. The normalized spacial score (nSPS) is 11.0. The second kappa shape index (κ2) is 4.36. The number of aromatic nitrogens is 1. The van der Waals surface area contributed by atoms with E-state index in [2.05, 4.69) is 4.57 Å². The van der Waals surface area contributed by atoms with E-state index in [1.54, 1.807) is 7.11 Å². The van der Waals surface area contributed by atoms with E-state index in [-0.39, 0.29) is 0 Å². The van der Waals surface area contributed by atoms with Crippen LogP contribution >= 0.6 is 11.6 Å². The predicted molar refractivity (Wildman–Crippen MR) is 67.2 cm³/mol. The summed E-state index contributed by atoms with van der Waals surface area (Å²) in [6.07, 6.45) is 0.784. The largest absolute Gasteiger partial charge is 0.497 e. The minimum absolute atomic E-state index is 0.598. The van der Waals surface area contributed by atoms with Crippen molar-refractivity contribution >= 4 is 22.5 Å². The Morgan fingerprint density at radius 3 is 2.81 bits per heavy atom. The van der Waals surface area contributed by atoms with Crippen LogP contribution in [0.25, 0.3) is 10.9 Å². The Balaban J connectivity index is 2.67. The summed E-state index contributed by atoms with van der Waals surface area (Å²) in [6, 6.07) is 5.89. The lowest BCUT2D eigenvalue weighted by atomic mass is 10.2. The van der Waals surface area contributed by atoms with Gasteiger partial charge in [0.15, 0.2) is 0 Å². The van der Waals surface area contributed by atoms with Crippen LogP contribution in [0.4, 0.5) is 0 Å². The number of rotatable bonds is 3. The van der Waals surface area contributed by atoms with Crippen LogP contribution in [0.2, 0.25) is 5.02 Å². The third-order valence-electron chi connectivity index (χ3n) is 2.84. The Morgan fingerprint density at radius 2 is 2.19 bits per heavy atom. The maximum absolute atomic E-state index is 6.32. The molecule has 0 aliphatic carbocycles. The van der Waals surface area contributed by atoms with E-state index in [0.29, 0.717) is 6.54 Å². The molecular formula is C12H15ClN2O. The van der Waals surface area contributed by atoms with Gasteiger partial charge in [-0.25, -0.2) is 0 Å². The van der Waals surface area contributed by atoms with E-state index < -0.39 is 0 Å². The van der Waals surface area contributed by atoms with Crippen molar-refractivity contribution in [3.8, 4) is 5.75 Å². The molecule has 0 fully saturated rings. The number of benzene rings is 1. The molecule has 86 valence electrons. The molecule has 0 spiro atoms. The standard InChI is InChI=1S/C12H15ClN2O/c1-15-10(5-6-14)12(13)9-4-3-8(16-2)7-11(9)15/h3-4,7H,5-6,14H2,1-2H3. The number of aryl methyl sites for hydroxylation is 1. The number of methoxy groups -OCH3 is 1. The number of halogens is 1. The van der Waals surface area contributed by atoms with Crippen molar-refractivity contribution in [2.24, 2.45) is 12.8 Å². The van der Waals surface area contributed by atoms with Crippen molar-refractivity contribution in [1.29, 1.82) is 0 Å². The van der Waals surface area contributed by atoms with Gasteiger partial charge in [0.1, 0.15) is 5.75 Å². The van der Waals surface area contributed by atoms with Gasteiger partial charge < -0.3 is 15.0 Å². The molecule has 1 aromatic carbocycles. The fraction of sp³-hybridized carbons (Fsp3) is 0.333. The molecule has 16 heavy (non-hydrogen) atoms. The molecule has 0 aliphatic rings. The van der Waals surface area contributed by atoms with E-state index >= 15 is 0 Å². The van der Waals surface area contributed by atoms with Crippen LogP contribution < -0.4 is 10.5 Å². The zero-order valence-electron chi connectivity index (χ0n) is 9.46. The van der Waals surface area contributed by atoms with Gasteiger partial charge in [-0.1, -0.05) is 11.6 Å². The molecule has 0 bridgehead atoms. The van der Waals surface area contributed by atoms with Crippen molar-refractivity contribution in [2.45, 2.75) is 6.42 Å². The number of hydrogen-bond donors (Lipinski definition) is 1. The van der Waals surface area contributed by atoms with Crippen LogP contribution in [0.3, 0.4) is 0 Å². The van der Waals surface area contributed by atoms with Gasteiger partial charge in [0, 0.05) is 30.6 Å².